The molecular formula is C15H18BrCl2FN2OS. The number of rotatable bonds is 3. The lowest BCUT2D eigenvalue weighted by Gasteiger charge is -2.35. The maximum atomic E-state index is 13.9. The van der Waals surface area contributed by atoms with E-state index in [1.807, 2.05) is 23.6 Å². The number of hydrogen-bond acceptors (Lipinski definition) is 4. The molecule has 1 aromatic heterocycles. The van der Waals surface area contributed by atoms with E-state index in [-0.39, 0.29) is 36.6 Å². The molecule has 3 rings (SSSR count). The molecule has 0 radical (unpaired) electrons. The minimum atomic E-state index is -0.587. The zero-order valence-corrected chi connectivity index (χ0v) is 16.2. The van der Waals surface area contributed by atoms with Gasteiger partial charge in [0, 0.05) is 41.1 Å². The molecule has 0 unspecified atom stereocenters. The van der Waals surface area contributed by atoms with Crippen molar-refractivity contribution in [2.24, 2.45) is 0 Å². The molecule has 128 valence electrons. The molecule has 1 aliphatic heterocycles. The highest BCUT2D eigenvalue weighted by atomic mass is 79.9. The fourth-order valence-corrected chi connectivity index (χ4v) is 4.04. The Balaban J connectivity index is 0.00000132. The topological polar surface area (TPSA) is 35.5 Å². The summed E-state index contributed by atoms with van der Waals surface area (Å²) in [6.45, 7) is 3.55. The predicted octanol–water partition coefficient (Wildman–Crippen LogP) is 4.19. The van der Waals surface area contributed by atoms with Crippen molar-refractivity contribution in [3.63, 3.8) is 0 Å². The molecule has 8 heteroatoms. The van der Waals surface area contributed by atoms with E-state index < -0.39 is 5.82 Å². The van der Waals surface area contributed by atoms with Crippen LogP contribution in [0.5, 0.6) is 5.75 Å². The van der Waals surface area contributed by atoms with Crippen LogP contribution in [0.1, 0.15) is 16.5 Å². The van der Waals surface area contributed by atoms with Crippen molar-refractivity contribution in [1.82, 2.24) is 10.2 Å². The summed E-state index contributed by atoms with van der Waals surface area (Å²) in [5.41, 5.74) is 0.617. The predicted molar refractivity (Wildman–Crippen MR) is 101 cm³/mol. The highest BCUT2D eigenvalue weighted by Crippen LogP contribution is 2.39. The van der Waals surface area contributed by atoms with E-state index in [2.05, 4.69) is 26.1 Å². The molecule has 1 fully saturated rings. The molecule has 2 N–H and O–H groups in total. The Labute approximate surface area is 159 Å². The number of piperazine rings is 1. The first-order valence-electron chi connectivity index (χ1n) is 6.83. The number of phenolic OH excluding ortho intramolecular Hbond substituents is 1. The maximum Gasteiger partial charge on any atom is 0.166 e. The van der Waals surface area contributed by atoms with Gasteiger partial charge < -0.3 is 10.4 Å². The van der Waals surface area contributed by atoms with Crippen LogP contribution >= 0.6 is 52.1 Å². The summed E-state index contributed by atoms with van der Waals surface area (Å²) in [6.07, 6.45) is 0. The number of phenols is 1. The molecular weight excluding hydrogens is 426 g/mol. The van der Waals surface area contributed by atoms with Crippen LogP contribution < -0.4 is 5.32 Å². The average molecular weight is 444 g/mol. The third kappa shape index (κ3) is 4.59. The summed E-state index contributed by atoms with van der Waals surface area (Å²) in [6, 6.07) is 7.02. The lowest BCUT2D eigenvalue weighted by atomic mass is 10.0. The van der Waals surface area contributed by atoms with E-state index in [0.29, 0.717) is 10.0 Å². The molecule has 1 saturated heterocycles. The van der Waals surface area contributed by atoms with Crippen molar-refractivity contribution < 1.29 is 9.50 Å². The first kappa shape index (κ1) is 20.7. The summed E-state index contributed by atoms with van der Waals surface area (Å²) >= 11 is 4.95. The molecule has 2 heterocycles. The van der Waals surface area contributed by atoms with Gasteiger partial charge in [-0.2, -0.15) is 0 Å². The lowest BCUT2D eigenvalue weighted by molar-refractivity contribution is 0.197. The van der Waals surface area contributed by atoms with Gasteiger partial charge in [0.15, 0.2) is 11.6 Å². The van der Waals surface area contributed by atoms with Gasteiger partial charge in [0.1, 0.15) is 0 Å². The van der Waals surface area contributed by atoms with Gasteiger partial charge in [-0.3, -0.25) is 4.90 Å². The van der Waals surface area contributed by atoms with Gasteiger partial charge in [-0.05, 0) is 23.6 Å². The molecule has 1 aliphatic rings. The van der Waals surface area contributed by atoms with Crippen molar-refractivity contribution in [2.45, 2.75) is 6.04 Å². The number of hydrogen-bond donors (Lipinski definition) is 2. The van der Waals surface area contributed by atoms with Gasteiger partial charge in [0.05, 0.1) is 6.04 Å². The molecule has 0 spiro atoms. The standard InChI is InChI=1S/C15H16BrFN2OS.2ClH/c16-10-8-11(15(20)12(17)9-10)14(13-2-1-7-21-13)19-5-3-18-4-6-19;;/h1-2,7-9,14,18,20H,3-6H2;2*1H/t14-;;/m1../s1. The molecule has 0 saturated carbocycles. The molecule has 3 nitrogen and oxygen atoms in total. The first-order valence-corrected chi connectivity index (χ1v) is 8.50. The second kappa shape index (κ2) is 9.20. The van der Waals surface area contributed by atoms with Crippen LogP contribution in [-0.2, 0) is 0 Å². The van der Waals surface area contributed by atoms with Gasteiger partial charge in [-0.25, -0.2) is 4.39 Å². The molecule has 23 heavy (non-hydrogen) atoms. The van der Waals surface area contributed by atoms with Crippen molar-refractivity contribution >= 4 is 52.1 Å². The Bertz CT molecular complexity index is 624. The molecule has 1 atom stereocenters. The number of aromatic hydroxyl groups is 1. The highest BCUT2D eigenvalue weighted by Gasteiger charge is 2.28. The van der Waals surface area contributed by atoms with Gasteiger partial charge in [0.2, 0.25) is 0 Å². The minimum Gasteiger partial charge on any atom is -0.505 e. The number of nitrogens with zero attached hydrogens (tertiary/aromatic N) is 1. The van der Waals surface area contributed by atoms with Gasteiger partial charge >= 0.3 is 0 Å². The van der Waals surface area contributed by atoms with Crippen molar-refractivity contribution in [1.29, 1.82) is 0 Å². The van der Waals surface area contributed by atoms with Crippen molar-refractivity contribution in [3.8, 4) is 5.75 Å². The normalized spacial score (nSPS) is 16.3. The monoisotopic (exact) mass is 442 g/mol. The maximum absolute atomic E-state index is 13.9. The Morgan fingerprint density at radius 1 is 1.26 bits per heavy atom. The Morgan fingerprint density at radius 2 is 1.96 bits per heavy atom. The number of nitrogens with one attached hydrogen (secondary N) is 1. The molecule has 1 aromatic carbocycles. The smallest absolute Gasteiger partial charge is 0.166 e. The zero-order chi connectivity index (χ0) is 14.8. The van der Waals surface area contributed by atoms with Gasteiger partial charge in [-0.15, -0.1) is 36.2 Å². The summed E-state index contributed by atoms with van der Waals surface area (Å²) in [5.74, 6) is -0.841. The third-order valence-corrected chi connectivity index (χ3v) is 5.06. The summed E-state index contributed by atoms with van der Waals surface area (Å²) in [7, 11) is 0. The van der Waals surface area contributed by atoms with E-state index in [0.717, 1.165) is 31.1 Å². The average Bonchev–Trinajstić information content (AvgIpc) is 2.99. The largest absolute Gasteiger partial charge is 0.505 e. The van der Waals surface area contributed by atoms with E-state index in [9.17, 15) is 9.50 Å². The molecule has 2 aromatic rings. The highest BCUT2D eigenvalue weighted by molar-refractivity contribution is 9.10. The van der Waals surface area contributed by atoms with Crippen LogP contribution in [-0.4, -0.2) is 36.2 Å². The minimum absolute atomic E-state index is 0. The van der Waals surface area contributed by atoms with E-state index in [4.69, 9.17) is 0 Å². The molecule has 0 amide bonds. The second-order valence-electron chi connectivity index (χ2n) is 5.03. The SMILES string of the molecule is Cl.Cl.Oc1c(F)cc(Br)cc1[C@H](c1cccs1)N1CCNCC1. The summed E-state index contributed by atoms with van der Waals surface area (Å²) < 4.78 is 14.5. The van der Waals surface area contributed by atoms with Crippen LogP contribution in [0.15, 0.2) is 34.1 Å². The van der Waals surface area contributed by atoms with Crippen LogP contribution in [0.25, 0.3) is 0 Å². The first-order chi connectivity index (χ1) is 10.2. The second-order valence-corrected chi connectivity index (χ2v) is 6.92. The fraction of sp³-hybridized carbons (Fsp3) is 0.333. The van der Waals surface area contributed by atoms with Gasteiger partial charge in [-0.1, -0.05) is 22.0 Å². The Kier molecular flexibility index (Phi) is 8.27. The summed E-state index contributed by atoms with van der Waals surface area (Å²) in [5, 5.41) is 15.5. The number of benzene rings is 1. The zero-order valence-electron chi connectivity index (χ0n) is 12.2. The quantitative estimate of drug-likeness (QED) is 0.746. The van der Waals surface area contributed by atoms with E-state index in [1.165, 1.54) is 6.07 Å². The van der Waals surface area contributed by atoms with Crippen molar-refractivity contribution in [2.75, 3.05) is 26.2 Å². The Hall–Kier alpha value is -0.370. The van der Waals surface area contributed by atoms with Crippen LogP contribution in [0, 0.1) is 5.82 Å². The van der Waals surface area contributed by atoms with Crippen molar-refractivity contribution in [3.05, 3.63) is 50.4 Å². The fourth-order valence-electron chi connectivity index (χ4n) is 2.71. The Morgan fingerprint density at radius 3 is 2.57 bits per heavy atom. The van der Waals surface area contributed by atoms with Gasteiger partial charge in [0.25, 0.3) is 0 Å². The number of halogens is 4. The molecule has 0 bridgehead atoms. The van der Waals surface area contributed by atoms with E-state index in [1.54, 1.807) is 11.3 Å². The summed E-state index contributed by atoms with van der Waals surface area (Å²) in [4.78, 5) is 3.40. The van der Waals surface area contributed by atoms with Crippen LogP contribution in [0.2, 0.25) is 0 Å². The van der Waals surface area contributed by atoms with E-state index >= 15 is 0 Å². The lowest BCUT2D eigenvalue weighted by Crippen LogP contribution is -2.45. The van der Waals surface area contributed by atoms with Crippen LogP contribution in [0.3, 0.4) is 0 Å². The number of thiophene rings is 1. The molecule has 0 aliphatic carbocycles. The third-order valence-electron chi connectivity index (χ3n) is 3.68. The van der Waals surface area contributed by atoms with Crippen LogP contribution in [0.4, 0.5) is 4.39 Å².